The fourth-order valence-corrected chi connectivity index (χ4v) is 0.121. The Hall–Kier alpha value is -0.790. The van der Waals surface area contributed by atoms with Crippen molar-refractivity contribution in [2.45, 2.75) is 6.05 Å². The third-order valence-corrected chi connectivity index (χ3v) is 0.535. The maximum absolute atomic E-state index is 11.4. The summed E-state index contributed by atoms with van der Waals surface area (Å²) in [5, 5.41) is -2.03. The predicted octanol–water partition coefficient (Wildman–Crippen LogP) is 1.90. The number of hydrogen-bond donors (Lipinski definition) is 0. The number of rotatable bonds is 2. The molecular weight excluding hydrogens is 166 g/mol. The third kappa shape index (κ3) is 1.59. The molecule has 0 rings (SSSR count). The lowest BCUT2D eigenvalue weighted by atomic mass is 10.6. The van der Waals surface area contributed by atoms with Crippen LogP contribution in [0.25, 0.3) is 0 Å². The van der Waals surface area contributed by atoms with E-state index in [1.165, 1.54) is 0 Å². The Morgan fingerprint density at radius 1 is 1.30 bits per heavy atom. The van der Waals surface area contributed by atoms with Crippen LogP contribution in [0.5, 0.6) is 0 Å². The highest BCUT2D eigenvalue weighted by Gasteiger charge is 2.47. The SMILES string of the molecule is FN=C(F)C(F)(F)N(F)F. The number of alkyl halides is 2. The second kappa shape index (κ2) is 2.86. The highest BCUT2D eigenvalue weighted by molar-refractivity contribution is 5.80. The molecule has 0 N–H and O–H groups in total. The quantitative estimate of drug-likeness (QED) is 0.264. The lowest BCUT2D eigenvalue weighted by Gasteiger charge is -2.09. The molecule has 2 nitrogen and oxygen atoms in total. The van der Waals surface area contributed by atoms with Gasteiger partial charge in [0, 0.05) is 0 Å². The predicted molar refractivity (Wildman–Crippen MR) is 18.7 cm³/mol. The van der Waals surface area contributed by atoms with Crippen LogP contribution in [0.1, 0.15) is 0 Å². The van der Waals surface area contributed by atoms with Crippen LogP contribution < -0.4 is 0 Å². The first kappa shape index (κ1) is 9.21. The molecule has 0 atom stereocenters. The topological polar surface area (TPSA) is 15.6 Å². The van der Waals surface area contributed by atoms with E-state index in [2.05, 4.69) is 0 Å². The normalized spacial score (nSPS) is 14.5. The van der Waals surface area contributed by atoms with Crippen molar-refractivity contribution in [2.75, 3.05) is 0 Å². The van der Waals surface area contributed by atoms with E-state index in [0.717, 1.165) is 5.21 Å². The van der Waals surface area contributed by atoms with Crippen LogP contribution in [-0.2, 0) is 0 Å². The monoisotopic (exact) mass is 166 g/mol. The van der Waals surface area contributed by atoms with Gasteiger partial charge in [-0.05, 0) is 0 Å². The minimum Gasteiger partial charge on any atom is -0.178 e. The van der Waals surface area contributed by atoms with Gasteiger partial charge >= 0.3 is 12.0 Å². The van der Waals surface area contributed by atoms with Crippen molar-refractivity contribution in [3.05, 3.63) is 0 Å². The Kier molecular flexibility index (Phi) is 2.64. The molecular formula is C2F6N2. The molecule has 0 fully saturated rings. The summed E-state index contributed by atoms with van der Waals surface area (Å²) >= 11 is 0. The summed E-state index contributed by atoms with van der Waals surface area (Å²) in [5.74, 6) is -3.09. The molecule has 0 spiro atoms. The van der Waals surface area contributed by atoms with Crippen molar-refractivity contribution in [3.8, 4) is 0 Å². The van der Waals surface area contributed by atoms with Crippen molar-refractivity contribution in [2.24, 2.45) is 5.21 Å². The largest absolute Gasteiger partial charge is 0.429 e. The van der Waals surface area contributed by atoms with Gasteiger partial charge in [-0.1, -0.05) is 18.7 Å². The van der Waals surface area contributed by atoms with Gasteiger partial charge < -0.3 is 0 Å². The summed E-state index contributed by atoms with van der Waals surface area (Å²) in [6.07, 6.45) is 0. The van der Waals surface area contributed by atoms with Gasteiger partial charge in [0.25, 0.3) is 0 Å². The molecule has 0 aliphatic heterocycles. The summed E-state index contributed by atoms with van der Waals surface area (Å²) < 4.78 is 66.3. The zero-order chi connectivity index (χ0) is 8.36. The Morgan fingerprint density at radius 2 is 1.70 bits per heavy atom. The van der Waals surface area contributed by atoms with Crippen molar-refractivity contribution in [3.63, 3.8) is 0 Å². The molecule has 0 aromatic rings. The highest BCUT2D eigenvalue weighted by atomic mass is 19.4. The van der Waals surface area contributed by atoms with E-state index < -0.39 is 17.4 Å². The van der Waals surface area contributed by atoms with Gasteiger partial charge in [0.05, 0.1) is 0 Å². The second-order valence-corrected chi connectivity index (χ2v) is 1.15. The van der Waals surface area contributed by atoms with Crippen molar-refractivity contribution in [1.82, 2.24) is 5.34 Å². The van der Waals surface area contributed by atoms with Gasteiger partial charge in [-0.3, -0.25) is 0 Å². The zero-order valence-corrected chi connectivity index (χ0v) is 4.16. The van der Waals surface area contributed by atoms with Crippen LogP contribution in [0.2, 0.25) is 0 Å². The smallest absolute Gasteiger partial charge is 0.178 e. The van der Waals surface area contributed by atoms with Gasteiger partial charge in [0.2, 0.25) is 0 Å². The molecule has 8 heteroatoms. The highest BCUT2D eigenvalue weighted by Crippen LogP contribution is 2.23. The number of nitrogens with zero attached hydrogens (tertiary/aromatic N) is 2. The van der Waals surface area contributed by atoms with E-state index in [4.69, 9.17) is 0 Å². The minimum absolute atomic E-state index is 0.760. The molecule has 0 aromatic carbocycles. The first-order valence-electron chi connectivity index (χ1n) is 1.77. The van der Waals surface area contributed by atoms with E-state index >= 15 is 0 Å². The lowest BCUT2D eigenvalue weighted by Crippen LogP contribution is -2.36. The van der Waals surface area contributed by atoms with E-state index in [1.807, 2.05) is 0 Å². The zero-order valence-electron chi connectivity index (χ0n) is 4.16. The van der Waals surface area contributed by atoms with Crippen LogP contribution >= 0.6 is 0 Å². The Balaban J connectivity index is 4.40. The average molecular weight is 166 g/mol. The molecule has 10 heavy (non-hydrogen) atoms. The van der Waals surface area contributed by atoms with Crippen LogP contribution in [-0.4, -0.2) is 17.4 Å². The first-order chi connectivity index (χ1) is 4.42. The fraction of sp³-hybridized carbons (Fsp3) is 0.500. The van der Waals surface area contributed by atoms with Crippen molar-refractivity contribution < 1.29 is 26.6 Å². The van der Waals surface area contributed by atoms with Gasteiger partial charge in [0.1, 0.15) is 5.34 Å². The minimum atomic E-state index is -5.28. The average Bonchev–Trinajstić information content (AvgIpc) is 1.86. The Morgan fingerprint density at radius 3 is 1.80 bits per heavy atom. The molecule has 0 aliphatic carbocycles. The number of halogens is 6. The van der Waals surface area contributed by atoms with Crippen molar-refractivity contribution in [1.29, 1.82) is 0 Å². The van der Waals surface area contributed by atoms with E-state index in [9.17, 15) is 26.6 Å². The standard InChI is InChI=1S/C2F6N2/c3-1(9-6)2(4,5)10(7)8. The first-order valence-corrected chi connectivity index (χ1v) is 1.77. The van der Waals surface area contributed by atoms with Gasteiger partial charge in [-0.15, -0.1) is 0 Å². The van der Waals surface area contributed by atoms with Gasteiger partial charge in [0.15, 0.2) is 0 Å². The lowest BCUT2D eigenvalue weighted by molar-refractivity contribution is -0.301. The summed E-state index contributed by atoms with van der Waals surface area (Å²) in [6, 6.07) is -5.28. The molecule has 0 heterocycles. The van der Waals surface area contributed by atoms with Gasteiger partial charge in [-0.25, -0.2) is 0 Å². The van der Waals surface area contributed by atoms with Crippen molar-refractivity contribution >= 4 is 5.97 Å². The maximum atomic E-state index is 11.4. The summed E-state index contributed by atoms with van der Waals surface area (Å²) in [7, 11) is 0. The number of hydrogen-bond acceptors (Lipinski definition) is 2. The molecule has 0 unspecified atom stereocenters. The van der Waals surface area contributed by atoms with Crippen LogP contribution in [0.15, 0.2) is 5.21 Å². The van der Waals surface area contributed by atoms with E-state index in [0.29, 0.717) is 0 Å². The molecule has 60 valence electrons. The van der Waals surface area contributed by atoms with Crippen LogP contribution in [0.3, 0.4) is 0 Å². The summed E-state index contributed by atoms with van der Waals surface area (Å²) in [4.78, 5) is 0. The van der Waals surface area contributed by atoms with Gasteiger partial charge in [-0.2, -0.15) is 13.2 Å². The summed E-state index contributed by atoms with van der Waals surface area (Å²) in [5.41, 5.74) is 0. The second-order valence-electron chi connectivity index (χ2n) is 1.15. The molecule has 0 aliphatic rings. The van der Waals surface area contributed by atoms with E-state index in [1.54, 1.807) is 0 Å². The molecule has 0 radical (unpaired) electrons. The van der Waals surface area contributed by atoms with E-state index in [-0.39, 0.29) is 0 Å². The Bertz CT molecular complexity index is 141. The van der Waals surface area contributed by atoms with Crippen LogP contribution in [0, 0.1) is 0 Å². The molecule has 0 bridgehead atoms. The van der Waals surface area contributed by atoms with Crippen LogP contribution in [0.4, 0.5) is 26.6 Å². The molecule has 0 aromatic heterocycles. The molecule has 0 saturated heterocycles. The summed E-state index contributed by atoms with van der Waals surface area (Å²) in [6.45, 7) is 0. The fourth-order valence-electron chi connectivity index (χ4n) is 0.121. The maximum Gasteiger partial charge on any atom is 0.429 e. The molecule has 0 saturated carbocycles. The molecule has 0 amide bonds. The Labute approximate surface area is 50.6 Å². The third-order valence-electron chi connectivity index (χ3n) is 0.535.